The van der Waals surface area contributed by atoms with Gasteiger partial charge in [-0.1, -0.05) is 96.8 Å². The number of ether oxygens (including phenoxy) is 4. The lowest BCUT2D eigenvalue weighted by molar-refractivity contribution is -0.313. The van der Waals surface area contributed by atoms with Crippen molar-refractivity contribution < 1.29 is 68.9 Å². The van der Waals surface area contributed by atoms with E-state index in [1.165, 1.54) is 77.0 Å². The van der Waals surface area contributed by atoms with E-state index in [0.717, 1.165) is 19.3 Å². The predicted molar refractivity (Wildman–Crippen MR) is 176 cm³/mol. The fourth-order valence-corrected chi connectivity index (χ4v) is 6.97. The molecule has 2 aliphatic rings. The zero-order valence-electron chi connectivity index (χ0n) is 28.7. The molecule has 14 nitrogen and oxygen atoms in total. The van der Waals surface area contributed by atoms with Crippen LogP contribution in [0, 0.1) is 0 Å². The minimum Gasteiger partial charge on any atom is -0.394 e. The summed E-state index contributed by atoms with van der Waals surface area (Å²) in [5, 5.41) is 79.6. The first-order valence-corrected chi connectivity index (χ1v) is 19.5. The summed E-state index contributed by atoms with van der Waals surface area (Å²) in [6, 6.07) is 0. The van der Waals surface area contributed by atoms with Gasteiger partial charge in [0, 0.05) is 0 Å². The lowest BCUT2D eigenvalue weighted by Gasteiger charge is -2.40. The number of aliphatic hydroxyl groups is 8. The number of hydrogen-bond acceptors (Lipinski definition) is 14. The van der Waals surface area contributed by atoms with Gasteiger partial charge in [0.2, 0.25) is 0 Å². The van der Waals surface area contributed by atoms with E-state index in [2.05, 4.69) is 6.92 Å². The Morgan fingerprint density at radius 1 is 0.542 bits per heavy atom. The Hall–Kier alpha value is -0.420. The van der Waals surface area contributed by atoms with Gasteiger partial charge in [0.15, 0.2) is 24.8 Å². The Labute approximate surface area is 286 Å². The van der Waals surface area contributed by atoms with Crippen LogP contribution in [0.25, 0.3) is 0 Å². The standard InChI is InChI=1S/C33H64O14P/c1-2-3-4-5-6-7-8-9-10-11-12-13-14-15-16-17-18-48(42)47-23(21-43-32-30(40)28(38)26(36)24(19-34)45-32)22-44-33-31(41)29(39)27(37)25(20-35)46-33/h23-41H,2-22H2,1H3/q+1/t24-,25-,26-,27-,28+,29+,30+,31+,32-,33-/m1/s1. The maximum atomic E-state index is 12.9. The minimum atomic E-state index is -2.17. The quantitative estimate of drug-likeness (QED) is 0.0450. The summed E-state index contributed by atoms with van der Waals surface area (Å²) in [6.07, 6.45) is 3.64. The summed E-state index contributed by atoms with van der Waals surface area (Å²) in [6.45, 7) is 0.208. The van der Waals surface area contributed by atoms with Crippen LogP contribution in [-0.4, -0.2) is 141 Å². The van der Waals surface area contributed by atoms with Crippen LogP contribution in [0.3, 0.4) is 0 Å². The third-order valence-electron chi connectivity index (χ3n) is 9.05. The lowest BCUT2D eigenvalue weighted by Crippen LogP contribution is -2.60. The topological polar surface area (TPSA) is 225 Å². The van der Waals surface area contributed by atoms with Crippen LogP contribution in [0.1, 0.15) is 110 Å². The van der Waals surface area contributed by atoms with Crippen molar-refractivity contribution in [3.8, 4) is 0 Å². The SMILES string of the molecule is CCCCCCCCCCCCCCCCCC[P+](=O)OC(CO[C@@H]1O[C@H](CO)[C@@H](O)[C@H](O)[C@@H]1O)CO[C@@H]1O[C@H](CO)[C@@H](O)[C@H](O)[C@@H]1O. The van der Waals surface area contributed by atoms with E-state index in [-0.39, 0.29) is 19.4 Å². The lowest BCUT2D eigenvalue weighted by atomic mass is 9.99. The Kier molecular flexibility index (Phi) is 23.3. The molecule has 2 heterocycles. The van der Waals surface area contributed by atoms with Gasteiger partial charge in [-0.05, 0) is 17.4 Å². The molecule has 1 unspecified atom stereocenters. The molecule has 2 rings (SSSR count). The highest BCUT2D eigenvalue weighted by molar-refractivity contribution is 7.39. The normalized spacial score (nSPS) is 31.4. The van der Waals surface area contributed by atoms with Gasteiger partial charge in [-0.25, -0.2) is 0 Å². The van der Waals surface area contributed by atoms with E-state index in [1.54, 1.807) is 0 Å². The van der Waals surface area contributed by atoms with Crippen molar-refractivity contribution in [1.29, 1.82) is 0 Å². The largest absolute Gasteiger partial charge is 0.508 e. The molecule has 11 atom stereocenters. The maximum absolute atomic E-state index is 12.9. The minimum absolute atomic E-state index is 0.282. The molecule has 8 N–H and O–H groups in total. The van der Waals surface area contributed by atoms with Gasteiger partial charge in [-0.3, -0.25) is 0 Å². The van der Waals surface area contributed by atoms with E-state index in [0.29, 0.717) is 6.42 Å². The van der Waals surface area contributed by atoms with Crippen LogP contribution in [0.2, 0.25) is 0 Å². The zero-order valence-corrected chi connectivity index (χ0v) is 29.6. The van der Waals surface area contributed by atoms with E-state index in [9.17, 15) is 45.4 Å². The van der Waals surface area contributed by atoms with Crippen molar-refractivity contribution in [3.63, 3.8) is 0 Å². The van der Waals surface area contributed by atoms with Gasteiger partial charge in [0.1, 0.15) is 48.8 Å². The number of unbranched alkanes of at least 4 members (excludes halogenated alkanes) is 15. The molecule has 0 saturated carbocycles. The van der Waals surface area contributed by atoms with Gasteiger partial charge in [0.25, 0.3) is 0 Å². The van der Waals surface area contributed by atoms with Gasteiger partial charge >= 0.3 is 8.03 Å². The smallest absolute Gasteiger partial charge is 0.394 e. The molecule has 0 amide bonds. The average molecular weight is 716 g/mol. The zero-order chi connectivity index (χ0) is 35.3. The predicted octanol–water partition coefficient (Wildman–Crippen LogP) is 2.01. The molecule has 0 aromatic rings. The first-order valence-electron chi connectivity index (χ1n) is 18.1. The molecule has 0 bridgehead atoms. The number of rotatable bonds is 27. The monoisotopic (exact) mass is 715 g/mol. The molecule has 284 valence electrons. The number of hydrogen-bond donors (Lipinski definition) is 8. The molecule has 2 saturated heterocycles. The van der Waals surface area contributed by atoms with Crippen molar-refractivity contribution in [1.82, 2.24) is 0 Å². The fourth-order valence-electron chi connectivity index (χ4n) is 5.93. The van der Waals surface area contributed by atoms with Crippen LogP contribution in [0.4, 0.5) is 0 Å². The Morgan fingerprint density at radius 2 is 0.896 bits per heavy atom. The summed E-state index contributed by atoms with van der Waals surface area (Å²) in [5.74, 6) is 0. The van der Waals surface area contributed by atoms with Crippen LogP contribution in [-0.2, 0) is 28.0 Å². The van der Waals surface area contributed by atoms with Crippen molar-refractivity contribution >= 4 is 8.03 Å². The Balaban J connectivity index is 1.73. The highest BCUT2D eigenvalue weighted by atomic mass is 31.1. The van der Waals surface area contributed by atoms with E-state index < -0.39 is 88.8 Å². The third kappa shape index (κ3) is 15.9. The molecule has 0 spiro atoms. The molecule has 0 aromatic carbocycles. The van der Waals surface area contributed by atoms with Crippen LogP contribution >= 0.6 is 8.03 Å². The highest BCUT2D eigenvalue weighted by Gasteiger charge is 2.46. The molecular formula is C33H64O14P+. The molecular weight excluding hydrogens is 651 g/mol. The second-order valence-electron chi connectivity index (χ2n) is 13.1. The summed E-state index contributed by atoms with van der Waals surface area (Å²) < 4.78 is 40.4. The van der Waals surface area contributed by atoms with Crippen molar-refractivity contribution in [2.45, 2.75) is 177 Å². The van der Waals surface area contributed by atoms with Crippen LogP contribution in [0.5, 0.6) is 0 Å². The first kappa shape index (κ1) is 43.7. The second-order valence-corrected chi connectivity index (χ2v) is 14.5. The van der Waals surface area contributed by atoms with Gasteiger partial charge in [0.05, 0.1) is 26.4 Å². The van der Waals surface area contributed by atoms with Crippen molar-refractivity contribution in [2.24, 2.45) is 0 Å². The van der Waals surface area contributed by atoms with E-state index >= 15 is 0 Å². The molecule has 15 heteroatoms. The van der Waals surface area contributed by atoms with Gasteiger partial charge in [-0.15, -0.1) is 4.52 Å². The second kappa shape index (κ2) is 25.5. The van der Waals surface area contributed by atoms with E-state index in [1.807, 2.05) is 0 Å². The first-order chi connectivity index (χ1) is 23.1. The molecule has 2 aliphatic heterocycles. The third-order valence-corrected chi connectivity index (χ3v) is 10.3. The van der Waals surface area contributed by atoms with Crippen LogP contribution in [0.15, 0.2) is 0 Å². The molecule has 0 aromatic heterocycles. The van der Waals surface area contributed by atoms with Crippen molar-refractivity contribution in [3.05, 3.63) is 0 Å². The maximum Gasteiger partial charge on any atom is 0.508 e. The molecule has 0 aliphatic carbocycles. The molecule has 0 radical (unpaired) electrons. The highest BCUT2D eigenvalue weighted by Crippen LogP contribution is 2.30. The summed E-state index contributed by atoms with van der Waals surface area (Å²) in [4.78, 5) is 0. The molecule has 2 fully saturated rings. The summed E-state index contributed by atoms with van der Waals surface area (Å²) >= 11 is 0. The Bertz CT molecular complexity index is 783. The van der Waals surface area contributed by atoms with Gasteiger partial charge in [-0.2, -0.15) is 0 Å². The molecule has 48 heavy (non-hydrogen) atoms. The number of aliphatic hydroxyl groups excluding tert-OH is 8. The summed E-state index contributed by atoms with van der Waals surface area (Å²) in [5.41, 5.74) is 0. The van der Waals surface area contributed by atoms with Crippen LogP contribution < -0.4 is 0 Å². The fraction of sp³-hybridized carbons (Fsp3) is 1.00. The van der Waals surface area contributed by atoms with Gasteiger partial charge < -0.3 is 59.8 Å². The van der Waals surface area contributed by atoms with Crippen molar-refractivity contribution in [2.75, 3.05) is 32.6 Å². The Morgan fingerprint density at radius 3 is 1.25 bits per heavy atom. The summed E-state index contributed by atoms with van der Waals surface area (Å²) in [7, 11) is -2.17. The van der Waals surface area contributed by atoms with E-state index in [4.69, 9.17) is 23.5 Å². The average Bonchev–Trinajstić information content (AvgIpc) is 3.08.